The molecule has 0 N–H and O–H groups in total. The largest absolute Gasteiger partial charge is 0.496 e. The van der Waals surface area contributed by atoms with E-state index in [1.807, 2.05) is 31.2 Å². The summed E-state index contributed by atoms with van der Waals surface area (Å²) in [5.41, 5.74) is 0.812. The van der Waals surface area contributed by atoms with Crippen molar-refractivity contribution < 1.29 is 9.26 Å². The van der Waals surface area contributed by atoms with Gasteiger partial charge in [0.05, 0.1) is 18.4 Å². The van der Waals surface area contributed by atoms with Crippen molar-refractivity contribution in [3.05, 3.63) is 35.2 Å². The Morgan fingerprint density at radius 1 is 1.29 bits per heavy atom. The highest BCUT2D eigenvalue weighted by molar-refractivity contribution is 8.00. The van der Waals surface area contributed by atoms with Gasteiger partial charge in [-0.15, -0.1) is 10.2 Å². The first-order valence-corrected chi connectivity index (χ1v) is 7.95. The lowest BCUT2D eigenvalue weighted by molar-refractivity contribution is 0.390. The molecule has 0 aliphatic carbocycles. The highest BCUT2D eigenvalue weighted by Gasteiger charge is 2.13. The number of thioether (sulfide) groups is 1. The number of para-hydroxylation sites is 1. The molecule has 2 heterocycles. The minimum absolute atomic E-state index is 0.525. The van der Waals surface area contributed by atoms with E-state index in [4.69, 9.17) is 9.26 Å². The number of methoxy groups -OCH3 is 1. The highest BCUT2D eigenvalue weighted by atomic mass is 32.2. The molecule has 3 rings (SSSR count). The molecule has 8 heteroatoms. The molecule has 2 aromatic heterocycles. The van der Waals surface area contributed by atoms with Crippen molar-refractivity contribution in [2.24, 2.45) is 0 Å². The molecule has 0 aliphatic rings. The number of hydrogen-bond donors (Lipinski definition) is 0. The SMILES string of the molecule is COc1ccccc1-c1noc(CSc2nnc(C)s2)n1. The summed E-state index contributed by atoms with van der Waals surface area (Å²) in [6.07, 6.45) is 0. The Kier molecular flexibility index (Phi) is 4.16. The van der Waals surface area contributed by atoms with E-state index in [9.17, 15) is 0 Å². The molecule has 0 bridgehead atoms. The van der Waals surface area contributed by atoms with Crippen LogP contribution in [0.1, 0.15) is 10.9 Å². The molecule has 0 fully saturated rings. The third-order valence-corrected chi connectivity index (χ3v) is 4.60. The van der Waals surface area contributed by atoms with E-state index in [0.717, 1.165) is 20.7 Å². The summed E-state index contributed by atoms with van der Waals surface area (Å²) in [5.74, 6) is 2.36. The van der Waals surface area contributed by atoms with Gasteiger partial charge in [0, 0.05) is 0 Å². The standard InChI is InChI=1S/C13H12N4O2S2/c1-8-15-16-13(21-8)20-7-11-14-12(17-19-11)9-5-3-4-6-10(9)18-2/h3-6H,7H2,1-2H3. The number of benzene rings is 1. The fraction of sp³-hybridized carbons (Fsp3) is 0.231. The molecule has 0 atom stereocenters. The fourth-order valence-electron chi connectivity index (χ4n) is 1.71. The first kappa shape index (κ1) is 14.0. The van der Waals surface area contributed by atoms with Crippen LogP contribution >= 0.6 is 23.1 Å². The average molecular weight is 320 g/mol. The van der Waals surface area contributed by atoms with E-state index in [0.29, 0.717) is 17.5 Å². The van der Waals surface area contributed by atoms with Crippen molar-refractivity contribution in [2.75, 3.05) is 7.11 Å². The lowest BCUT2D eigenvalue weighted by atomic mass is 10.2. The predicted octanol–water partition coefficient (Wildman–Crippen LogP) is 3.20. The summed E-state index contributed by atoms with van der Waals surface area (Å²) in [5, 5.41) is 13.0. The third-order valence-electron chi connectivity index (χ3n) is 2.64. The molecule has 0 saturated carbocycles. The molecule has 0 unspecified atom stereocenters. The molecular formula is C13H12N4O2S2. The molecule has 1 aromatic carbocycles. The molecule has 6 nitrogen and oxygen atoms in total. The number of aryl methyl sites for hydroxylation is 1. The molecule has 0 radical (unpaired) electrons. The van der Waals surface area contributed by atoms with E-state index < -0.39 is 0 Å². The fourth-order valence-corrected chi connectivity index (χ4v) is 3.37. The zero-order valence-corrected chi connectivity index (χ0v) is 13.1. The van der Waals surface area contributed by atoms with Gasteiger partial charge < -0.3 is 9.26 Å². The van der Waals surface area contributed by atoms with Gasteiger partial charge in [0.2, 0.25) is 11.7 Å². The zero-order chi connectivity index (χ0) is 14.7. The quantitative estimate of drug-likeness (QED) is 0.668. The van der Waals surface area contributed by atoms with Gasteiger partial charge in [-0.3, -0.25) is 0 Å². The van der Waals surface area contributed by atoms with Crippen LogP contribution in [0.4, 0.5) is 0 Å². The monoisotopic (exact) mass is 320 g/mol. The Morgan fingerprint density at radius 2 is 2.14 bits per heavy atom. The van der Waals surface area contributed by atoms with Gasteiger partial charge in [0.1, 0.15) is 10.8 Å². The van der Waals surface area contributed by atoms with Crippen LogP contribution in [0, 0.1) is 6.92 Å². The van der Waals surface area contributed by atoms with Gasteiger partial charge in [-0.2, -0.15) is 4.98 Å². The molecule has 108 valence electrons. The van der Waals surface area contributed by atoms with Gasteiger partial charge >= 0.3 is 0 Å². The second-order valence-electron chi connectivity index (χ2n) is 4.09. The molecule has 0 amide bonds. The van der Waals surface area contributed by atoms with Gasteiger partial charge in [-0.05, 0) is 19.1 Å². The Bertz CT molecular complexity index is 741. The Hall–Kier alpha value is -1.93. The number of hydrogen-bond acceptors (Lipinski definition) is 8. The van der Waals surface area contributed by atoms with Gasteiger partial charge in [-0.1, -0.05) is 40.4 Å². The van der Waals surface area contributed by atoms with E-state index in [1.165, 1.54) is 11.8 Å². The van der Waals surface area contributed by atoms with Crippen molar-refractivity contribution in [2.45, 2.75) is 17.0 Å². The van der Waals surface area contributed by atoms with Crippen molar-refractivity contribution in [3.8, 4) is 17.1 Å². The first-order chi connectivity index (χ1) is 10.3. The Balaban J connectivity index is 1.74. The number of nitrogens with zero attached hydrogens (tertiary/aromatic N) is 4. The van der Waals surface area contributed by atoms with Crippen LogP contribution in [0.25, 0.3) is 11.4 Å². The molecular weight excluding hydrogens is 308 g/mol. The molecule has 3 aromatic rings. The zero-order valence-electron chi connectivity index (χ0n) is 11.4. The maximum Gasteiger partial charge on any atom is 0.237 e. The van der Waals surface area contributed by atoms with E-state index >= 15 is 0 Å². The number of rotatable bonds is 5. The van der Waals surface area contributed by atoms with Crippen LogP contribution < -0.4 is 4.74 Å². The summed E-state index contributed by atoms with van der Waals surface area (Å²) in [6.45, 7) is 1.92. The first-order valence-electron chi connectivity index (χ1n) is 6.15. The Labute approximate surface area is 129 Å². The summed E-state index contributed by atoms with van der Waals surface area (Å²) >= 11 is 3.08. The summed E-state index contributed by atoms with van der Waals surface area (Å²) in [4.78, 5) is 4.39. The van der Waals surface area contributed by atoms with Gasteiger partial charge in [0.15, 0.2) is 4.34 Å². The van der Waals surface area contributed by atoms with Crippen molar-refractivity contribution >= 4 is 23.1 Å². The third kappa shape index (κ3) is 3.22. The van der Waals surface area contributed by atoms with E-state index in [1.54, 1.807) is 18.4 Å². The van der Waals surface area contributed by atoms with Crippen LogP contribution in [0.5, 0.6) is 5.75 Å². The van der Waals surface area contributed by atoms with Crippen LogP contribution in [0.2, 0.25) is 0 Å². The van der Waals surface area contributed by atoms with Crippen LogP contribution in [-0.2, 0) is 5.75 Å². The Morgan fingerprint density at radius 3 is 2.90 bits per heavy atom. The van der Waals surface area contributed by atoms with Crippen molar-refractivity contribution in [3.63, 3.8) is 0 Å². The normalized spacial score (nSPS) is 10.8. The van der Waals surface area contributed by atoms with Crippen LogP contribution in [-0.4, -0.2) is 27.4 Å². The summed E-state index contributed by atoms with van der Waals surface area (Å²) < 4.78 is 11.5. The minimum Gasteiger partial charge on any atom is -0.496 e. The van der Waals surface area contributed by atoms with Crippen LogP contribution in [0.3, 0.4) is 0 Å². The lowest BCUT2D eigenvalue weighted by Gasteiger charge is -2.02. The topological polar surface area (TPSA) is 73.9 Å². The molecule has 0 saturated heterocycles. The van der Waals surface area contributed by atoms with Crippen molar-refractivity contribution in [1.82, 2.24) is 20.3 Å². The van der Waals surface area contributed by atoms with Crippen molar-refractivity contribution in [1.29, 1.82) is 0 Å². The molecule has 0 aliphatic heterocycles. The molecule has 21 heavy (non-hydrogen) atoms. The number of ether oxygens (including phenoxy) is 1. The number of aromatic nitrogens is 4. The maximum absolute atomic E-state index is 5.30. The maximum atomic E-state index is 5.30. The van der Waals surface area contributed by atoms with E-state index in [2.05, 4.69) is 20.3 Å². The van der Waals surface area contributed by atoms with Crippen LogP contribution in [0.15, 0.2) is 33.1 Å². The van der Waals surface area contributed by atoms with Gasteiger partial charge in [-0.25, -0.2) is 0 Å². The average Bonchev–Trinajstić information content (AvgIpc) is 3.14. The summed E-state index contributed by atoms with van der Waals surface area (Å²) in [6, 6.07) is 7.57. The summed E-state index contributed by atoms with van der Waals surface area (Å²) in [7, 11) is 1.62. The second-order valence-corrected chi connectivity index (χ2v) is 6.49. The van der Waals surface area contributed by atoms with E-state index in [-0.39, 0.29) is 0 Å². The smallest absolute Gasteiger partial charge is 0.237 e. The second kappa shape index (κ2) is 6.23. The minimum atomic E-state index is 0.525. The lowest BCUT2D eigenvalue weighted by Crippen LogP contribution is -1.89. The predicted molar refractivity (Wildman–Crippen MR) is 80.5 cm³/mol. The molecule has 0 spiro atoms. The highest BCUT2D eigenvalue weighted by Crippen LogP contribution is 2.29. The van der Waals surface area contributed by atoms with Gasteiger partial charge in [0.25, 0.3) is 0 Å².